The summed E-state index contributed by atoms with van der Waals surface area (Å²) in [5.74, 6) is 0. The molecule has 2 rings (SSSR count). The molecule has 0 bridgehead atoms. The van der Waals surface area contributed by atoms with Crippen molar-refractivity contribution in [2.24, 2.45) is 0 Å². The van der Waals surface area contributed by atoms with Crippen LogP contribution in [0, 0.1) is 0 Å². The van der Waals surface area contributed by atoms with Gasteiger partial charge in [-0.15, -0.1) is 11.3 Å². The highest BCUT2D eigenvalue weighted by molar-refractivity contribution is 7.10. The third-order valence-corrected chi connectivity index (χ3v) is 4.29. The van der Waals surface area contributed by atoms with Crippen molar-refractivity contribution < 1.29 is 0 Å². The maximum atomic E-state index is 3.68. The van der Waals surface area contributed by atoms with Gasteiger partial charge in [-0.05, 0) is 51.2 Å². The van der Waals surface area contributed by atoms with Gasteiger partial charge in [0.25, 0.3) is 0 Å². The van der Waals surface area contributed by atoms with Crippen LogP contribution in [0.3, 0.4) is 0 Å². The summed E-state index contributed by atoms with van der Waals surface area (Å²) in [6.07, 6.45) is 2.76. The number of hydrogen-bond donors (Lipinski definition) is 1. The fourth-order valence-electron chi connectivity index (χ4n) is 2.45. The first-order chi connectivity index (χ1) is 7.75. The van der Waals surface area contributed by atoms with Gasteiger partial charge < -0.3 is 10.2 Å². The molecular weight excluding hydrogens is 216 g/mol. The summed E-state index contributed by atoms with van der Waals surface area (Å²) in [6.45, 7) is 8.32. The van der Waals surface area contributed by atoms with Crippen molar-refractivity contribution in [3.63, 3.8) is 0 Å². The lowest BCUT2D eigenvalue weighted by Gasteiger charge is -2.24. The minimum Gasteiger partial charge on any atom is -0.306 e. The van der Waals surface area contributed by atoms with Crippen LogP contribution in [0.4, 0.5) is 0 Å². The molecule has 2 heterocycles. The summed E-state index contributed by atoms with van der Waals surface area (Å²) < 4.78 is 0. The van der Waals surface area contributed by atoms with Gasteiger partial charge in [0.1, 0.15) is 0 Å². The Balaban J connectivity index is 1.75. The van der Waals surface area contributed by atoms with Gasteiger partial charge >= 0.3 is 0 Å². The molecule has 1 N–H and O–H groups in total. The van der Waals surface area contributed by atoms with Crippen LogP contribution in [-0.2, 0) is 0 Å². The van der Waals surface area contributed by atoms with E-state index in [2.05, 4.69) is 41.6 Å². The van der Waals surface area contributed by atoms with E-state index in [1.165, 1.54) is 37.4 Å². The van der Waals surface area contributed by atoms with E-state index >= 15 is 0 Å². The van der Waals surface area contributed by atoms with Gasteiger partial charge in [0.15, 0.2) is 0 Å². The molecule has 1 saturated heterocycles. The van der Waals surface area contributed by atoms with Gasteiger partial charge in [-0.25, -0.2) is 0 Å². The molecule has 2 unspecified atom stereocenters. The molecule has 1 aliphatic heterocycles. The Morgan fingerprint density at radius 3 is 2.75 bits per heavy atom. The first-order valence-corrected chi connectivity index (χ1v) is 7.15. The number of thiophene rings is 1. The molecule has 0 radical (unpaired) electrons. The van der Waals surface area contributed by atoms with Crippen LogP contribution >= 0.6 is 11.3 Å². The summed E-state index contributed by atoms with van der Waals surface area (Å²) >= 11 is 1.84. The third kappa shape index (κ3) is 3.30. The monoisotopic (exact) mass is 238 g/mol. The number of nitrogens with zero attached hydrogens (tertiary/aromatic N) is 1. The lowest BCUT2D eigenvalue weighted by Crippen LogP contribution is -2.38. The molecular formula is C13H22N2S. The van der Waals surface area contributed by atoms with E-state index in [4.69, 9.17) is 0 Å². The van der Waals surface area contributed by atoms with Crippen LogP contribution in [-0.4, -0.2) is 30.6 Å². The maximum Gasteiger partial charge on any atom is 0.0388 e. The molecule has 0 amide bonds. The van der Waals surface area contributed by atoms with Crippen molar-refractivity contribution in [1.82, 2.24) is 10.2 Å². The molecule has 1 fully saturated rings. The molecule has 3 heteroatoms. The lowest BCUT2D eigenvalue weighted by molar-refractivity contribution is 0.290. The molecule has 1 aliphatic rings. The molecule has 0 spiro atoms. The van der Waals surface area contributed by atoms with Crippen LogP contribution < -0.4 is 5.32 Å². The minimum absolute atomic E-state index is 0.484. The van der Waals surface area contributed by atoms with Crippen LogP contribution in [0.5, 0.6) is 0 Å². The Labute approximate surface area is 103 Å². The number of hydrogen-bond acceptors (Lipinski definition) is 3. The van der Waals surface area contributed by atoms with Gasteiger partial charge in [-0.2, -0.15) is 0 Å². The van der Waals surface area contributed by atoms with Gasteiger partial charge in [0, 0.05) is 23.5 Å². The summed E-state index contributed by atoms with van der Waals surface area (Å²) in [5.41, 5.74) is 0. The highest BCUT2D eigenvalue weighted by atomic mass is 32.1. The van der Waals surface area contributed by atoms with E-state index in [0.29, 0.717) is 12.1 Å². The van der Waals surface area contributed by atoms with Gasteiger partial charge in [0.05, 0.1) is 0 Å². The average molecular weight is 238 g/mol. The Kier molecular flexibility index (Phi) is 4.38. The summed E-state index contributed by atoms with van der Waals surface area (Å²) in [4.78, 5) is 4.01. The minimum atomic E-state index is 0.484. The molecule has 1 aromatic heterocycles. The maximum absolute atomic E-state index is 3.68. The second-order valence-electron chi connectivity index (χ2n) is 4.81. The Hall–Kier alpha value is -0.380. The fraction of sp³-hybridized carbons (Fsp3) is 0.692. The molecule has 0 aliphatic carbocycles. The first kappa shape index (κ1) is 12.1. The van der Waals surface area contributed by atoms with E-state index in [-0.39, 0.29) is 0 Å². The third-order valence-electron chi connectivity index (χ3n) is 3.24. The second kappa shape index (κ2) is 5.80. The van der Waals surface area contributed by atoms with E-state index in [1.54, 1.807) is 0 Å². The average Bonchev–Trinajstić information content (AvgIpc) is 2.88. The van der Waals surface area contributed by atoms with Gasteiger partial charge in [-0.3, -0.25) is 0 Å². The highest BCUT2D eigenvalue weighted by Crippen LogP contribution is 2.19. The van der Waals surface area contributed by atoms with E-state index in [1.807, 2.05) is 11.3 Å². The van der Waals surface area contributed by atoms with Gasteiger partial charge in [-0.1, -0.05) is 6.07 Å². The van der Waals surface area contributed by atoms with Crippen molar-refractivity contribution in [2.75, 3.05) is 19.6 Å². The molecule has 0 saturated carbocycles. The number of rotatable bonds is 5. The number of likely N-dealkylation sites (tertiary alicyclic amines) is 1. The smallest absolute Gasteiger partial charge is 0.0388 e. The van der Waals surface area contributed by atoms with Crippen LogP contribution in [0.15, 0.2) is 17.5 Å². The summed E-state index contributed by atoms with van der Waals surface area (Å²) in [5, 5.41) is 5.83. The highest BCUT2D eigenvalue weighted by Gasteiger charge is 2.16. The Morgan fingerprint density at radius 2 is 2.12 bits per heavy atom. The second-order valence-corrected chi connectivity index (χ2v) is 5.79. The van der Waals surface area contributed by atoms with Crippen LogP contribution in [0.1, 0.15) is 37.6 Å². The lowest BCUT2D eigenvalue weighted by atomic mass is 10.2. The van der Waals surface area contributed by atoms with Gasteiger partial charge in [0.2, 0.25) is 0 Å². The van der Waals surface area contributed by atoms with Crippen molar-refractivity contribution in [3.8, 4) is 0 Å². The van der Waals surface area contributed by atoms with Crippen molar-refractivity contribution in [1.29, 1.82) is 0 Å². The zero-order valence-electron chi connectivity index (χ0n) is 10.3. The normalized spacial score (nSPS) is 21.1. The quantitative estimate of drug-likeness (QED) is 0.848. The van der Waals surface area contributed by atoms with E-state index in [0.717, 1.165) is 0 Å². The molecule has 1 aromatic rings. The molecule has 2 nitrogen and oxygen atoms in total. The van der Waals surface area contributed by atoms with Crippen molar-refractivity contribution in [2.45, 2.75) is 38.8 Å². The number of nitrogens with one attached hydrogen (secondary N) is 1. The Bertz CT molecular complexity index is 291. The van der Waals surface area contributed by atoms with Crippen LogP contribution in [0.25, 0.3) is 0 Å². The molecule has 90 valence electrons. The largest absolute Gasteiger partial charge is 0.306 e. The molecule has 0 aromatic carbocycles. The standard InChI is InChI=1S/C13H22N2S/c1-11(10-15-7-3-4-8-15)14-12(2)13-6-5-9-16-13/h5-6,9,11-12,14H,3-4,7-8,10H2,1-2H3. The van der Waals surface area contributed by atoms with Crippen LogP contribution in [0.2, 0.25) is 0 Å². The van der Waals surface area contributed by atoms with E-state index in [9.17, 15) is 0 Å². The zero-order valence-corrected chi connectivity index (χ0v) is 11.1. The first-order valence-electron chi connectivity index (χ1n) is 6.27. The SMILES string of the molecule is CC(CN1CCCC1)NC(C)c1cccs1. The molecule has 2 atom stereocenters. The van der Waals surface area contributed by atoms with Crippen molar-refractivity contribution in [3.05, 3.63) is 22.4 Å². The fourth-order valence-corrected chi connectivity index (χ4v) is 3.20. The topological polar surface area (TPSA) is 15.3 Å². The summed E-state index contributed by atoms with van der Waals surface area (Å²) in [7, 11) is 0. The zero-order chi connectivity index (χ0) is 11.4. The Morgan fingerprint density at radius 1 is 1.38 bits per heavy atom. The van der Waals surface area contributed by atoms with E-state index < -0.39 is 0 Å². The molecule has 16 heavy (non-hydrogen) atoms. The summed E-state index contributed by atoms with van der Waals surface area (Å²) in [6, 6.07) is 5.40. The predicted molar refractivity (Wildman–Crippen MR) is 71.0 cm³/mol. The predicted octanol–water partition coefficient (Wildman–Crippen LogP) is 2.88. The van der Waals surface area contributed by atoms with Crippen molar-refractivity contribution >= 4 is 11.3 Å².